The first-order chi connectivity index (χ1) is 13.3. The summed E-state index contributed by atoms with van der Waals surface area (Å²) in [7, 11) is 0. The summed E-state index contributed by atoms with van der Waals surface area (Å²) in [6.45, 7) is 5.08. The van der Waals surface area contributed by atoms with E-state index in [1.165, 1.54) is 12.8 Å². The lowest BCUT2D eigenvalue weighted by atomic mass is 9.99. The lowest BCUT2D eigenvalue weighted by Gasteiger charge is -2.31. The predicted molar refractivity (Wildman–Crippen MR) is 110 cm³/mol. The molecular formula is C22H25N5. The van der Waals surface area contributed by atoms with Crippen molar-refractivity contribution in [3.05, 3.63) is 66.5 Å². The lowest BCUT2D eigenvalue weighted by molar-refractivity contribution is 0.436. The second-order valence-corrected chi connectivity index (χ2v) is 7.19. The zero-order valence-electron chi connectivity index (χ0n) is 15.7. The Kier molecular flexibility index (Phi) is 5.28. The summed E-state index contributed by atoms with van der Waals surface area (Å²) in [5, 5.41) is 3.37. The molecular weight excluding hydrogens is 334 g/mol. The van der Waals surface area contributed by atoms with Gasteiger partial charge in [-0.1, -0.05) is 43.3 Å². The average Bonchev–Trinajstić information content (AvgIpc) is 2.74. The van der Waals surface area contributed by atoms with E-state index in [4.69, 9.17) is 9.97 Å². The molecule has 27 heavy (non-hydrogen) atoms. The number of pyridine rings is 1. The molecule has 1 aliphatic heterocycles. The molecule has 0 bridgehead atoms. The van der Waals surface area contributed by atoms with Crippen molar-refractivity contribution >= 4 is 11.8 Å². The molecule has 1 aromatic carbocycles. The highest BCUT2D eigenvalue weighted by molar-refractivity contribution is 5.64. The van der Waals surface area contributed by atoms with Gasteiger partial charge in [0.1, 0.15) is 5.82 Å². The maximum Gasteiger partial charge on any atom is 0.225 e. The minimum atomic E-state index is 0.655. The largest absolute Gasteiger partial charge is 0.356 e. The molecule has 1 N–H and O–H groups in total. The van der Waals surface area contributed by atoms with Crippen molar-refractivity contribution in [2.24, 2.45) is 5.92 Å². The van der Waals surface area contributed by atoms with Crippen molar-refractivity contribution in [3.63, 3.8) is 0 Å². The Balaban J connectivity index is 1.62. The normalized spacial score (nSPS) is 14.9. The quantitative estimate of drug-likeness (QED) is 0.732. The van der Waals surface area contributed by atoms with Crippen LogP contribution in [0.2, 0.25) is 0 Å². The van der Waals surface area contributed by atoms with Gasteiger partial charge in [0.25, 0.3) is 0 Å². The molecule has 2 aromatic heterocycles. The van der Waals surface area contributed by atoms with Gasteiger partial charge in [-0.25, -0.2) is 4.98 Å². The Hall–Kier alpha value is -2.95. The van der Waals surface area contributed by atoms with Crippen LogP contribution in [0.5, 0.6) is 0 Å². The maximum atomic E-state index is 4.81. The van der Waals surface area contributed by atoms with Crippen LogP contribution in [0.1, 0.15) is 25.3 Å². The van der Waals surface area contributed by atoms with E-state index in [2.05, 4.69) is 40.3 Å². The number of benzene rings is 1. The van der Waals surface area contributed by atoms with Crippen molar-refractivity contribution in [3.8, 4) is 11.3 Å². The molecule has 0 atom stereocenters. The van der Waals surface area contributed by atoms with Crippen LogP contribution >= 0.6 is 0 Å². The molecule has 3 heterocycles. The van der Waals surface area contributed by atoms with Gasteiger partial charge in [0.05, 0.1) is 5.69 Å². The van der Waals surface area contributed by atoms with Gasteiger partial charge in [-0.2, -0.15) is 4.98 Å². The van der Waals surface area contributed by atoms with E-state index >= 15 is 0 Å². The molecule has 0 aliphatic carbocycles. The van der Waals surface area contributed by atoms with E-state index in [1.54, 1.807) is 6.20 Å². The zero-order valence-corrected chi connectivity index (χ0v) is 15.7. The van der Waals surface area contributed by atoms with Gasteiger partial charge in [-0.05, 0) is 30.4 Å². The summed E-state index contributed by atoms with van der Waals surface area (Å²) < 4.78 is 0. The fourth-order valence-corrected chi connectivity index (χ4v) is 3.35. The van der Waals surface area contributed by atoms with Crippen LogP contribution in [-0.2, 0) is 6.54 Å². The Bertz CT molecular complexity index is 858. The van der Waals surface area contributed by atoms with E-state index < -0.39 is 0 Å². The number of anilines is 2. The maximum absolute atomic E-state index is 4.81. The van der Waals surface area contributed by atoms with Gasteiger partial charge < -0.3 is 10.2 Å². The second-order valence-electron chi connectivity index (χ2n) is 7.19. The highest BCUT2D eigenvalue weighted by atomic mass is 15.2. The summed E-state index contributed by atoms with van der Waals surface area (Å²) in [5.74, 6) is 2.46. The molecule has 3 aromatic rings. The van der Waals surface area contributed by atoms with Gasteiger partial charge >= 0.3 is 0 Å². The molecule has 0 radical (unpaired) electrons. The van der Waals surface area contributed by atoms with Crippen LogP contribution in [0.4, 0.5) is 11.8 Å². The lowest BCUT2D eigenvalue weighted by Crippen LogP contribution is -2.33. The molecule has 1 saturated heterocycles. The molecule has 0 amide bonds. The fourth-order valence-electron chi connectivity index (χ4n) is 3.35. The van der Waals surface area contributed by atoms with Crippen molar-refractivity contribution in [2.75, 3.05) is 23.3 Å². The van der Waals surface area contributed by atoms with Crippen molar-refractivity contribution in [2.45, 2.75) is 26.3 Å². The number of nitrogens with one attached hydrogen (secondary N) is 1. The molecule has 1 aliphatic rings. The highest BCUT2D eigenvalue weighted by Gasteiger charge is 2.18. The standard InChI is InChI=1S/C22H25N5/c1-17-9-12-27(13-10-17)21-14-20(19-7-3-2-4-8-19)25-22(26-21)24-16-18-6-5-11-23-15-18/h2-8,11,14-15,17H,9-10,12-13,16H2,1H3,(H,24,25,26). The highest BCUT2D eigenvalue weighted by Crippen LogP contribution is 2.27. The Morgan fingerprint density at radius 3 is 2.59 bits per heavy atom. The first kappa shape index (κ1) is 17.5. The van der Waals surface area contributed by atoms with Crippen molar-refractivity contribution in [1.82, 2.24) is 15.0 Å². The third-order valence-electron chi connectivity index (χ3n) is 5.06. The van der Waals surface area contributed by atoms with E-state index in [9.17, 15) is 0 Å². The van der Waals surface area contributed by atoms with E-state index in [0.717, 1.165) is 41.6 Å². The minimum absolute atomic E-state index is 0.655. The summed E-state index contributed by atoms with van der Waals surface area (Å²) >= 11 is 0. The molecule has 5 nitrogen and oxygen atoms in total. The summed E-state index contributed by atoms with van der Waals surface area (Å²) in [6, 6.07) is 16.4. The third kappa shape index (κ3) is 4.42. The van der Waals surface area contributed by atoms with Gasteiger partial charge in [0, 0.05) is 43.7 Å². The summed E-state index contributed by atoms with van der Waals surface area (Å²) in [5.41, 5.74) is 3.17. The topological polar surface area (TPSA) is 53.9 Å². The van der Waals surface area contributed by atoms with Crippen LogP contribution in [-0.4, -0.2) is 28.0 Å². The molecule has 0 spiro atoms. The molecule has 138 valence electrons. The van der Waals surface area contributed by atoms with Gasteiger partial charge in [-0.3, -0.25) is 4.98 Å². The molecule has 1 fully saturated rings. The van der Waals surface area contributed by atoms with E-state index in [0.29, 0.717) is 12.5 Å². The van der Waals surface area contributed by atoms with Crippen LogP contribution in [0.25, 0.3) is 11.3 Å². The predicted octanol–water partition coefficient (Wildman–Crippen LogP) is 4.39. The Labute approximate surface area is 160 Å². The first-order valence-corrected chi connectivity index (χ1v) is 9.60. The van der Waals surface area contributed by atoms with Crippen molar-refractivity contribution in [1.29, 1.82) is 0 Å². The smallest absolute Gasteiger partial charge is 0.225 e. The number of hydrogen-bond acceptors (Lipinski definition) is 5. The number of rotatable bonds is 5. The van der Waals surface area contributed by atoms with Crippen LogP contribution < -0.4 is 10.2 Å². The number of piperidine rings is 1. The molecule has 5 heteroatoms. The number of aromatic nitrogens is 3. The third-order valence-corrected chi connectivity index (χ3v) is 5.06. The van der Waals surface area contributed by atoms with Crippen LogP contribution in [0.3, 0.4) is 0 Å². The minimum Gasteiger partial charge on any atom is -0.356 e. The van der Waals surface area contributed by atoms with Gasteiger partial charge in [-0.15, -0.1) is 0 Å². The second kappa shape index (κ2) is 8.16. The Morgan fingerprint density at radius 2 is 1.85 bits per heavy atom. The fraction of sp³-hybridized carbons (Fsp3) is 0.318. The van der Waals surface area contributed by atoms with Crippen LogP contribution in [0, 0.1) is 5.92 Å². The molecule has 0 unspecified atom stereocenters. The summed E-state index contributed by atoms with van der Waals surface area (Å²) in [4.78, 5) is 16.1. The number of hydrogen-bond donors (Lipinski definition) is 1. The molecule has 0 saturated carbocycles. The van der Waals surface area contributed by atoms with E-state index in [-0.39, 0.29) is 0 Å². The van der Waals surface area contributed by atoms with Crippen molar-refractivity contribution < 1.29 is 0 Å². The molecule has 4 rings (SSSR count). The zero-order chi connectivity index (χ0) is 18.5. The Morgan fingerprint density at radius 1 is 1.04 bits per heavy atom. The van der Waals surface area contributed by atoms with Gasteiger partial charge in [0.15, 0.2) is 0 Å². The average molecular weight is 359 g/mol. The van der Waals surface area contributed by atoms with Crippen LogP contribution in [0.15, 0.2) is 60.9 Å². The van der Waals surface area contributed by atoms with E-state index in [1.807, 2.05) is 36.5 Å². The van der Waals surface area contributed by atoms with Gasteiger partial charge in [0.2, 0.25) is 5.95 Å². The number of nitrogens with zero attached hydrogens (tertiary/aromatic N) is 4. The monoisotopic (exact) mass is 359 g/mol. The summed E-state index contributed by atoms with van der Waals surface area (Å²) in [6.07, 6.45) is 6.07. The SMILES string of the molecule is CC1CCN(c2cc(-c3ccccc3)nc(NCc3cccnc3)n2)CC1. The first-order valence-electron chi connectivity index (χ1n) is 9.60.